The highest BCUT2D eigenvalue weighted by atomic mass is 79.9. The van der Waals surface area contributed by atoms with Gasteiger partial charge in [-0.2, -0.15) is 0 Å². The molecule has 8 heteroatoms. The number of aromatic nitrogens is 2. The molecule has 4 rings (SSSR count). The molecule has 38 heavy (non-hydrogen) atoms. The van der Waals surface area contributed by atoms with Crippen molar-refractivity contribution >= 4 is 26.8 Å². The number of benzene rings is 2. The van der Waals surface area contributed by atoms with Gasteiger partial charge in [0, 0.05) is 45.5 Å². The van der Waals surface area contributed by atoms with Crippen molar-refractivity contribution in [2.75, 3.05) is 42.0 Å². The lowest BCUT2D eigenvalue weighted by Crippen LogP contribution is -2.38. The van der Waals surface area contributed by atoms with Gasteiger partial charge in [-0.1, -0.05) is 34.1 Å². The van der Waals surface area contributed by atoms with Gasteiger partial charge in [-0.05, 0) is 63.3 Å². The van der Waals surface area contributed by atoms with Gasteiger partial charge in [0.15, 0.2) is 11.5 Å². The third-order valence-corrected chi connectivity index (χ3v) is 7.30. The standard InChI is InChI=1S/C30H34BrN3O4/c1-19-14-21(18-32-17-19)30(35,12-13-34(2)3)27(23-8-7-9-26(36-4)28(23)37-5)24-16-20-15-22(31)10-11-25(20)33-29(24)38-6/h7-11,14-18,27,35H,12-13H2,1-6H3/t27-,30-/m1/s1. The van der Waals surface area contributed by atoms with Gasteiger partial charge < -0.3 is 24.2 Å². The third kappa shape index (κ3) is 5.48. The Hall–Kier alpha value is -3.20. The lowest BCUT2D eigenvalue weighted by atomic mass is 9.71. The van der Waals surface area contributed by atoms with Crippen LogP contribution in [0.15, 0.2) is 65.4 Å². The average Bonchev–Trinajstić information content (AvgIpc) is 2.91. The second kappa shape index (κ2) is 11.7. The van der Waals surface area contributed by atoms with E-state index in [2.05, 4.69) is 25.8 Å². The van der Waals surface area contributed by atoms with Crippen LogP contribution in [0, 0.1) is 6.92 Å². The van der Waals surface area contributed by atoms with E-state index in [1.54, 1.807) is 33.7 Å². The molecule has 0 aliphatic rings. The molecule has 2 aromatic heterocycles. The van der Waals surface area contributed by atoms with Gasteiger partial charge in [-0.3, -0.25) is 4.98 Å². The Kier molecular flexibility index (Phi) is 8.55. The summed E-state index contributed by atoms with van der Waals surface area (Å²) in [6, 6.07) is 15.6. The number of fused-ring (bicyclic) bond motifs is 1. The molecule has 4 aromatic rings. The number of ether oxygens (including phenoxy) is 3. The highest BCUT2D eigenvalue weighted by molar-refractivity contribution is 9.10. The Bertz CT molecular complexity index is 1430. The lowest BCUT2D eigenvalue weighted by molar-refractivity contribution is 0.00280. The Morgan fingerprint density at radius 1 is 0.974 bits per heavy atom. The fraction of sp³-hybridized carbons (Fsp3) is 0.333. The maximum absolute atomic E-state index is 12.9. The Labute approximate surface area is 232 Å². The number of aryl methyl sites for hydroxylation is 1. The Morgan fingerprint density at radius 2 is 1.76 bits per heavy atom. The molecule has 200 valence electrons. The van der Waals surface area contributed by atoms with Gasteiger partial charge in [0.25, 0.3) is 0 Å². The number of halogens is 1. The molecule has 7 nitrogen and oxygen atoms in total. The predicted octanol–water partition coefficient (Wildman–Crippen LogP) is 5.70. The fourth-order valence-corrected chi connectivity index (χ4v) is 5.36. The van der Waals surface area contributed by atoms with Gasteiger partial charge >= 0.3 is 0 Å². The number of pyridine rings is 2. The van der Waals surface area contributed by atoms with Crippen LogP contribution in [-0.2, 0) is 5.60 Å². The molecular weight excluding hydrogens is 546 g/mol. The Morgan fingerprint density at radius 3 is 2.42 bits per heavy atom. The van der Waals surface area contributed by atoms with Crippen molar-refractivity contribution in [2.24, 2.45) is 0 Å². The first-order valence-corrected chi connectivity index (χ1v) is 13.2. The van der Waals surface area contributed by atoms with E-state index in [1.165, 1.54) is 0 Å². The van der Waals surface area contributed by atoms with Gasteiger partial charge in [-0.25, -0.2) is 4.98 Å². The summed E-state index contributed by atoms with van der Waals surface area (Å²) in [5.74, 6) is 0.906. The van der Waals surface area contributed by atoms with E-state index in [4.69, 9.17) is 19.2 Å². The summed E-state index contributed by atoms with van der Waals surface area (Å²) in [6.07, 6.45) is 3.93. The van der Waals surface area contributed by atoms with Gasteiger partial charge in [0.1, 0.15) is 5.60 Å². The number of para-hydroxylation sites is 1. The maximum Gasteiger partial charge on any atom is 0.217 e. The number of aliphatic hydroxyl groups is 1. The van der Waals surface area contributed by atoms with Crippen molar-refractivity contribution in [3.8, 4) is 17.4 Å². The van der Waals surface area contributed by atoms with Crippen molar-refractivity contribution in [3.63, 3.8) is 0 Å². The van der Waals surface area contributed by atoms with Crippen LogP contribution in [0.2, 0.25) is 0 Å². The first kappa shape index (κ1) is 27.8. The van der Waals surface area contributed by atoms with Crippen molar-refractivity contribution < 1.29 is 19.3 Å². The molecule has 0 fully saturated rings. The van der Waals surface area contributed by atoms with Gasteiger partial charge in [-0.15, -0.1) is 0 Å². The second-order valence-corrected chi connectivity index (χ2v) is 10.6. The van der Waals surface area contributed by atoms with E-state index in [9.17, 15) is 5.11 Å². The van der Waals surface area contributed by atoms with E-state index in [0.29, 0.717) is 35.9 Å². The number of methoxy groups -OCH3 is 3. The first-order chi connectivity index (χ1) is 18.2. The third-order valence-electron chi connectivity index (χ3n) is 6.81. The topological polar surface area (TPSA) is 76.9 Å². The number of hydrogen-bond donors (Lipinski definition) is 1. The van der Waals surface area contributed by atoms with Crippen molar-refractivity contribution in [1.82, 2.24) is 14.9 Å². The number of nitrogens with zero attached hydrogens (tertiary/aromatic N) is 3. The van der Waals surface area contributed by atoms with Crippen LogP contribution in [0.1, 0.15) is 34.6 Å². The second-order valence-electron chi connectivity index (χ2n) is 9.67. The van der Waals surface area contributed by atoms with E-state index >= 15 is 0 Å². The van der Waals surface area contributed by atoms with Crippen molar-refractivity contribution in [2.45, 2.75) is 24.9 Å². The molecule has 2 aromatic carbocycles. The zero-order chi connectivity index (χ0) is 27.4. The average molecular weight is 581 g/mol. The van der Waals surface area contributed by atoms with E-state index in [1.807, 2.05) is 69.6 Å². The molecule has 0 bridgehead atoms. The van der Waals surface area contributed by atoms with Crippen molar-refractivity contribution in [3.05, 3.63) is 87.7 Å². The summed E-state index contributed by atoms with van der Waals surface area (Å²) in [5, 5.41) is 13.8. The summed E-state index contributed by atoms with van der Waals surface area (Å²) in [7, 11) is 8.80. The van der Waals surface area contributed by atoms with Crippen LogP contribution in [0.3, 0.4) is 0 Å². The van der Waals surface area contributed by atoms with E-state index in [0.717, 1.165) is 32.1 Å². The van der Waals surface area contributed by atoms with Crippen LogP contribution in [-0.4, -0.2) is 61.9 Å². The van der Waals surface area contributed by atoms with E-state index in [-0.39, 0.29) is 0 Å². The van der Waals surface area contributed by atoms with Crippen LogP contribution in [0.5, 0.6) is 17.4 Å². The largest absolute Gasteiger partial charge is 0.493 e. The van der Waals surface area contributed by atoms with Crippen LogP contribution < -0.4 is 14.2 Å². The summed E-state index contributed by atoms with van der Waals surface area (Å²) < 4.78 is 18.4. The normalized spacial score (nSPS) is 13.8. The highest BCUT2D eigenvalue weighted by Crippen LogP contribution is 2.51. The molecule has 0 saturated carbocycles. The molecule has 1 N–H and O–H groups in total. The minimum absolute atomic E-state index is 0.413. The molecule has 0 aliphatic carbocycles. The summed E-state index contributed by atoms with van der Waals surface area (Å²) >= 11 is 3.58. The Balaban J connectivity index is 2.11. The summed E-state index contributed by atoms with van der Waals surface area (Å²) in [6.45, 7) is 2.60. The zero-order valence-electron chi connectivity index (χ0n) is 22.7. The van der Waals surface area contributed by atoms with Crippen LogP contribution >= 0.6 is 15.9 Å². The zero-order valence-corrected chi connectivity index (χ0v) is 24.2. The lowest BCUT2D eigenvalue weighted by Gasteiger charge is -2.39. The molecule has 0 spiro atoms. The van der Waals surface area contributed by atoms with Crippen molar-refractivity contribution in [1.29, 1.82) is 0 Å². The molecular formula is C30H34BrN3O4. The molecule has 0 unspecified atom stereocenters. The SMILES string of the molecule is COc1cccc([C@H](c2cc3cc(Br)ccc3nc2OC)[C@@](O)(CCN(C)C)c2cncc(C)c2)c1OC. The molecule has 0 aliphatic heterocycles. The first-order valence-electron chi connectivity index (χ1n) is 12.4. The smallest absolute Gasteiger partial charge is 0.217 e. The molecule has 2 heterocycles. The highest BCUT2D eigenvalue weighted by Gasteiger charge is 2.44. The van der Waals surface area contributed by atoms with Crippen LogP contribution in [0.25, 0.3) is 10.9 Å². The monoisotopic (exact) mass is 579 g/mol. The van der Waals surface area contributed by atoms with E-state index < -0.39 is 11.5 Å². The molecule has 2 atom stereocenters. The molecule has 0 saturated heterocycles. The predicted molar refractivity (Wildman–Crippen MR) is 153 cm³/mol. The minimum Gasteiger partial charge on any atom is -0.493 e. The summed E-state index contributed by atoms with van der Waals surface area (Å²) in [5.41, 5.74) is 2.52. The van der Waals surface area contributed by atoms with Gasteiger partial charge in [0.05, 0.1) is 32.8 Å². The molecule has 0 radical (unpaired) electrons. The number of rotatable bonds is 10. The van der Waals surface area contributed by atoms with Gasteiger partial charge in [0.2, 0.25) is 5.88 Å². The quantitative estimate of drug-likeness (QED) is 0.258. The molecule has 0 amide bonds. The number of hydrogen-bond acceptors (Lipinski definition) is 7. The maximum atomic E-state index is 12.9. The minimum atomic E-state index is -1.41. The van der Waals surface area contributed by atoms with Crippen LogP contribution in [0.4, 0.5) is 0 Å². The fourth-order valence-electron chi connectivity index (χ4n) is 4.98. The summed E-state index contributed by atoms with van der Waals surface area (Å²) in [4.78, 5) is 11.3.